The summed E-state index contributed by atoms with van der Waals surface area (Å²) in [4.78, 5) is 22.8. The summed E-state index contributed by atoms with van der Waals surface area (Å²) in [5.41, 5.74) is 2.64. The van der Waals surface area contributed by atoms with E-state index in [0.717, 1.165) is 11.1 Å². The van der Waals surface area contributed by atoms with Crippen LogP contribution < -0.4 is 10.6 Å². The molecule has 1 aromatic carbocycles. The van der Waals surface area contributed by atoms with Gasteiger partial charge in [0.2, 0.25) is 5.91 Å². The average Bonchev–Trinajstić information content (AvgIpc) is 2.31. The zero-order chi connectivity index (χ0) is 14.4. The van der Waals surface area contributed by atoms with E-state index >= 15 is 0 Å². The SMILES string of the molecule is Cc1cccc(C(C)C)c1NC(=O)NC(=O)CC#N. The summed E-state index contributed by atoms with van der Waals surface area (Å²) in [5.74, 6) is -0.357. The van der Waals surface area contributed by atoms with Crippen LogP contribution in [0.15, 0.2) is 18.2 Å². The molecule has 1 aromatic rings. The van der Waals surface area contributed by atoms with Gasteiger partial charge < -0.3 is 5.32 Å². The lowest BCUT2D eigenvalue weighted by atomic mass is 9.98. The molecule has 0 heterocycles. The molecule has 0 aliphatic carbocycles. The van der Waals surface area contributed by atoms with Crippen molar-refractivity contribution in [2.45, 2.75) is 33.1 Å². The number of carbonyl (C=O) groups is 2. The smallest absolute Gasteiger partial charge is 0.307 e. The molecule has 0 bridgehead atoms. The van der Waals surface area contributed by atoms with Crippen molar-refractivity contribution in [1.29, 1.82) is 5.26 Å². The Morgan fingerprint density at radius 3 is 2.63 bits per heavy atom. The first kappa shape index (κ1) is 14.7. The Morgan fingerprint density at radius 1 is 1.37 bits per heavy atom. The zero-order valence-electron chi connectivity index (χ0n) is 11.3. The minimum absolute atomic E-state index is 0.255. The molecule has 2 N–H and O–H groups in total. The van der Waals surface area contributed by atoms with Crippen molar-refractivity contribution in [1.82, 2.24) is 5.32 Å². The van der Waals surface area contributed by atoms with Crippen LogP contribution in [0.2, 0.25) is 0 Å². The molecule has 0 saturated carbocycles. The lowest BCUT2D eigenvalue weighted by Gasteiger charge is -2.16. The normalized spacial score (nSPS) is 9.84. The van der Waals surface area contributed by atoms with Crippen molar-refractivity contribution < 1.29 is 9.59 Å². The average molecular weight is 259 g/mol. The van der Waals surface area contributed by atoms with Gasteiger partial charge in [-0.3, -0.25) is 10.1 Å². The molecule has 0 spiro atoms. The van der Waals surface area contributed by atoms with E-state index in [2.05, 4.69) is 10.6 Å². The predicted molar refractivity (Wildman–Crippen MR) is 72.7 cm³/mol. The minimum atomic E-state index is -0.614. The van der Waals surface area contributed by atoms with Gasteiger partial charge in [-0.1, -0.05) is 32.0 Å². The highest BCUT2D eigenvalue weighted by atomic mass is 16.2. The molecule has 0 saturated heterocycles. The van der Waals surface area contributed by atoms with Gasteiger partial charge in [-0.2, -0.15) is 5.26 Å². The maximum Gasteiger partial charge on any atom is 0.325 e. The van der Waals surface area contributed by atoms with Crippen LogP contribution in [0, 0.1) is 18.3 Å². The van der Waals surface area contributed by atoms with Crippen LogP contribution in [0.5, 0.6) is 0 Å². The standard InChI is InChI=1S/C14H17N3O2/c1-9(2)11-6-4-5-10(3)13(11)17-14(19)16-12(18)7-8-15/h4-6,9H,7H2,1-3H3,(H2,16,17,18,19). The van der Waals surface area contributed by atoms with Gasteiger partial charge >= 0.3 is 6.03 Å². The third-order valence-electron chi connectivity index (χ3n) is 2.66. The van der Waals surface area contributed by atoms with Crippen LogP contribution in [0.3, 0.4) is 0 Å². The van der Waals surface area contributed by atoms with Gasteiger partial charge in [-0.05, 0) is 24.0 Å². The van der Waals surface area contributed by atoms with Crippen molar-refractivity contribution in [2.24, 2.45) is 0 Å². The van der Waals surface area contributed by atoms with E-state index in [1.807, 2.05) is 39.0 Å². The summed E-state index contributed by atoms with van der Waals surface area (Å²) in [6.07, 6.45) is -0.335. The van der Waals surface area contributed by atoms with Gasteiger partial charge in [0.15, 0.2) is 0 Å². The molecule has 1 rings (SSSR count). The molecular weight excluding hydrogens is 242 g/mol. The van der Waals surface area contributed by atoms with Gasteiger partial charge in [0.1, 0.15) is 6.42 Å². The number of nitrogens with one attached hydrogen (secondary N) is 2. The fraction of sp³-hybridized carbons (Fsp3) is 0.357. The number of urea groups is 1. The molecule has 0 aromatic heterocycles. The molecular formula is C14H17N3O2. The third-order valence-corrected chi connectivity index (χ3v) is 2.66. The zero-order valence-corrected chi connectivity index (χ0v) is 11.3. The lowest BCUT2D eigenvalue weighted by Crippen LogP contribution is -2.34. The summed E-state index contributed by atoms with van der Waals surface area (Å²) in [6.45, 7) is 5.94. The molecule has 0 fully saturated rings. The molecule has 0 aliphatic rings. The van der Waals surface area contributed by atoms with Gasteiger partial charge in [0.25, 0.3) is 0 Å². The van der Waals surface area contributed by atoms with Gasteiger partial charge in [0, 0.05) is 5.69 Å². The van der Waals surface area contributed by atoms with Gasteiger partial charge in [-0.15, -0.1) is 0 Å². The molecule has 19 heavy (non-hydrogen) atoms. The number of benzene rings is 1. The summed E-state index contributed by atoms with van der Waals surface area (Å²) < 4.78 is 0. The molecule has 5 nitrogen and oxygen atoms in total. The molecule has 3 amide bonds. The second-order valence-corrected chi connectivity index (χ2v) is 4.53. The Kier molecular flexibility index (Phi) is 5.07. The van der Waals surface area contributed by atoms with E-state index in [1.165, 1.54) is 0 Å². The number of hydrogen-bond acceptors (Lipinski definition) is 3. The highest BCUT2D eigenvalue weighted by Crippen LogP contribution is 2.27. The van der Waals surface area contributed by atoms with E-state index < -0.39 is 11.9 Å². The number of anilines is 1. The number of carbonyl (C=O) groups excluding carboxylic acids is 2. The summed E-state index contributed by atoms with van der Waals surface area (Å²) in [5, 5.41) is 13.1. The molecule has 0 atom stereocenters. The van der Waals surface area contributed by atoms with Crippen LogP contribution in [0.4, 0.5) is 10.5 Å². The van der Waals surface area contributed by atoms with E-state index in [0.29, 0.717) is 5.69 Å². The van der Waals surface area contributed by atoms with Gasteiger partial charge in [0.05, 0.1) is 6.07 Å². The first-order valence-electron chi connectivity index (χ1n) is 6.03. The second kappa shape index (κ2) is 6.55. The molecule has 0 unspecified atom stereocenters. The van der Waals surface area contributed by atoms with Crippen molar-refractivity contribution in [3.8, 4) is 6.07 Å². The Bertz CT molecular complexity index is 530. The maximum atomic E-state index is 11.7. The van der Waals surface area contributed by atoms with Crippen LogP contribution >= 0.6 is 0 Å². The quantitative estimate of drug-likeness (QED) is 0.875. The fourth-order valence-corrected chi connectivity index (χ4v) is 1.73. The highest BCUT2D eigenvalue weighted by Gasteiger charge is 2.13. The topological polar surface area (TPSA) is 82.0 Å². The van der Waals surface area contributed by atoms with E-state index in [-0.39, 0.29) is 12.3 Å². The van der Waals surface area contributed by atoms with Gasteiger partial charge in [-0.25, -0.2) is 4.79 Å². The van der Waals surface area contributed by atoms with Crippen LogP contribution in [-0.4, -0.2) is 11.9 Å². The summed E-state index contributed by atoms with van der Waals surface area (Å²) in [6, 6.07) is 6.82. The van der Waals surface area contributed by atoms with E-state index in [9.17, 15) is 9.59 Å². The summed E-state index contributed by atoms with van der Waals surface area (Å²) in [7, 11) is 0. The Morgan fingerprint density at radius 2 is 2.05 bits per heavy atom. The number of rotatable bonds is 3. The monoisotopic (exact) mass is 259 g/mol. The van der Waals surface area contributed by atoms with Crippen molar-refractivity contribution in [3.63, 3.8) is 0 Å². The molecule has 0 radical (unpaired) electrons. The van der Waals surface area contributed by atoms with Crippen LogP contribution in [0.25, 0.3) is 0 Å². The molecule has 0 aliphatic heterocycles. The maximum absolute atomic E-state index is 11.7. The van der Waals surface area contributed by atoms with E-state index in [1.54, 1.807) is 6.07 Å². The van der Waals surface area contributed by atoms with Crippen LogP contribution in [0.1, 0.15) is 37.3 Å². The van der Waals surface area contributed by atoms with Crippen molar-refractivity contribution in [3.05, 3.63) is 29.3 Å². The van der Waals surface area contributed by atoms with Crippen molar-refractivity contribution >= 4 is 17.6 Å². The largest absolute Gasteiger partial charge is 0.325 e. The minimum Gasteiger partial charge on any atom is -0.307 e. The highest BCUT2D eigenvalue weighted by molar-refractivity contribution is 6.02. The number of nitrogens with zero attached hydrogens (tertiary/aromatic N) is 1. The first-order chi connectivity index (χ1) is 8.95. The first-order valence-corrected chi connectivity index (χ1v) is 6.03. The number of hydrogen-bond donors (Lipinski definition) is 2. The third kappa shape index (κ3) is 4.11. The Hall–Kier alpha value is -2.35. The number of imide groups is 1. The summed E-state index contributed by atoms with van der Waals surface area (Å²) >= 11 is 0. The lowest BCUT2D eigenvalue weighted by molar-refractivity contribution is -0.118. The number of amides is 3. The number of para-hydroxylation sites is 1. The number of aryl methyl sites for hydroxylation is 1. The number of nitriles is 1. The molecule has 100 valence electrons. The second-order valence-electron chi connectivity index (χ2n) is 4.53. The predicted octanol–water partition coefficient (Wildman–Crippen LogP) is 2.68. The van der Waals surface area contributed by atoms with Crippen molar-refractivity contribution in [2.75, 3.05) is 5.32 Å². The van der Waals surface area contributed by atoms with Crippen LogP contribution in [-0.2, 0) is 4.79 Å². The molecule has 5 heteroatoms. The fourth-order valence-electron chi connectivity index (χ4n) is 1.73. The Balaban J connectivity index is 2.85. The Labute approximate surface area is 112 Å². The van der Waals surface area contributed by atoms with E-state index in [4.69, 9.17) is 5.26 Å².